The number of anilines is 1. The van der Waals surface area contributed by atoms with Crippen LogP contribution in [-0.2, 0) is 0 Å². The molecule has 0 spiro atoms. The van der Waals surface area contributed by atoms with Gasteiger partial charge in [-0.3, -0.25) is 14.9 Å². The number of nitrogens with one attached hydrogen (secondary N) is 2. The summed E-state index contributed by atoms with van der Waals surface area (Å²) < 4.78 is 0. The highest BCUT2D eigenvalue weighted by Crippen LogP contribution is 2.09. The van der Waals surface area contributed by atoms with Crippen molar-refractivity contribution >= 4 is 11.6 Å². The van der Waals surface area contributed by atoms with Crippen molar-refractivity contribution in [2.24, 2.45) is 0 Å². The van der Waals surface area contributed by atoms with Crippen molar-refractivity contribution in [3.05, 3.63) is 42.0 Å². The number of hydrogen-bond donors (Lipinski definition) is 3. The SMILES string of the molecule is O=C(Nc1cn[nH]c1)c1ccncc1C#CCO. The minimum absolute atomic E-state index is 0.266. The lowest BCUT2D eigenvalue weighted by molar-refractivity contribution is 0.102. The summed E-state index contributed by atoms with van der Waals surface area (Å²) in [5, 5.41) is 17.6. The van der Waals surface area contributed by atoms with E-state index in [1.165, 1.54) is 18.6 Å². The van der Waals surface area contributed by atoms with Crippen molar-refractivity contribution in [2.45, 2.75) is 0 Å². The molecule has 6 nitrogen and oxygen atoms in total. The Morgan fingerprint density at radius 3 is 3.11 bits per heavy atom. The van der Waals surface area contributed by atoms with E-state index in [9.17, 15) is 4.79 Å². The number of rotatable bonds is 2. The van der Waals surface area contributed by atoms with E-state index >= 15 is 0 Å². The van der Waals surface area contributed by atoms with Gasteiger partial charge in [0.2, 0.25) is 0 Å². The number of nitrogens with zero attached hydrogens (tertiary/aromatic N) is 2. The normalized spacial score (nSPS) is 9.39. The Morgan fingerprint density at radius 2 is 2.39 bits per heavy atom. The Morgan fingerprint density at radius 1 is 1.50 bits per heavy atom. The molecule has 0 unspecified atom stereocenters. The second-order valence-corrected chi connectivity index (χ2v) is 3.32. The first-order valence-corrected chi connectivity index (χ1v) is 5.15. The third-order valence-corrected chi connectivity index (χ3v) is 2.12. The zero-order valence-corrected chi connectivity index (χ0v) is 9.34. The number of amides is 1. The van der Waals surface area contributed by atoms with E-state index in [4.69, 9.17) is 5.11 Å². The van der Waals surface area contributed by atoms with Crippen LogP contribution in [0, 0.1) is 11.8 Å². The zero-order valence-electron chi connectivity index (χ0n) is 9.34. The van der Waals surface area contributed by atoms with E-state index in [-0.39, 0.29) is 12.5 Å². The summed E-state index contributed by atoms with van der Waals surface area (Å²) in [4.78, 5) is 15.9. The number of aromatic amines is 1. The molecule has 0 aromatic carbocycles. The average Bonchev–Trinajstić information content (AvgIpc) is 2.89. The van der Waals surface area contributed by atoms with Gasteiger partial charge in [-0.25, -0.2) is 0 Å². The van der Waals surface area contributed by atoms with Crippen molar-refractivity contribution in [1.29, 1.82) is 0 Å². The zero-order chi connectivity index (χ0) is 12.8. The molecule has 2 aromatic heterocycles. The summed E-state index contributed by atoms with van der Waals surface area (Å²) in [5.41, 5.74) is 1.43. The third kappa shape index (κ3) is 2.72. The van der Waals surface area contributed by atoms with Crippen LogP contribution in [0.1, 0.15) is 15.9 Å². The van der Waals surface area contributed by atoms with Crippen LogP contribution in [0.2, 0.25) is 0 Å². The number of H-pyrrole nitrogens is 1. The summed E-state index contributed by atoms with van der Waals surface area (Å²) in [6.07, 6.45) is 6.05. The molecule has 18 heavy (non-hydrogen) atoms. The molecule has 0 saturated carbocycles. The number of pyridine rings is 1. The Bertz CT molecular complexity index is 596. The highest BCUT2D eigenvalue weighted by Gasteiger charge is 2.10. The van der Waals surface area contributed by atoms with Crippen molar-refractivity contribution in [3.63, 3.8) is 0 Å². The topological polar surface area (TPSA) is 90.9 Å². The Balaban J connectivity index is 2.24. The molecule has 3 N–H and O–H groups in total. The van der Waals surface area contributed by atoms with Gasteiger partial charge >= 0.3 is 0 Å². The molecule has 0 fully saturated rings. The molecule has 0 aliphatic rings. The minimum atomic E-state index is -0.305. The molecule has 2 heterocycles. The van der Waals surface area contributed by atoms with Gasteiger partial charge in [0, 0.05) is 18.6 Å². The predicted molar refractivity (Wildman–Crippen MR) is 64.7 cm³/mol. The molecule has 0 radical (unpaired) electrons. The van der Waals surface area contributed by atoms with E-state index in [0.717, 1.165) is 0 Å². The van der Waals surface area contributed by atoms with Crippen LogP contribution in [0.5, 0.6) is 0 Å². The largest absolute Gasteiger partial charge is 0.384 e. The van der Waals surface area contributed by atoms with E-state index in [1.54, 1.807) is 12.3 Å². The molecule has 0 atom stereocenters. The van der Waals surface area contributed by atoms with Crippen molar-refractivity contribution in [1.82, 2.24) is 15.2 Å². The second-order valence-electron chi connectivity index (χ2n) is 3.32. The molecular weight excluding hydrogens is 232 g/mol. The summed E-state index contributed by atoms with van der Waals surface area (Å²) in [6.45, 7) is -0.266. The van der Waals surface area contributed by atoms with Gasteiger partial charge < -0.3 is 10.4 Å². The monoisotopic (exact) mass is 242 g/mol. The third-order valence-electron chi connectivity index (χ3n) is 2.12. The molecule has 6 heteroatoms. The van der Waals surface area contributed by atoms with E-state index in [1.807, 2.05) is 0 Å². The maximum Gasteiger partial charge on any atom is 0.257 e. The Kier molecular flexibility index (Phi) is 3.69. The molecule has 0 aliphatic carbocycles. The van der Waals surface area contributed by atoms with E-state index in [0.29, 0.717) is 16.8 Å². The highest BCUT2D eigenvalue weighted by atomic mass is 16.2. The van der Waals surface area contributed by atoms with Gasteiger partial charge in [-0.1, -0.05) is 11.8 Å². The van der Waals surface area contributed by atoms with E-state index in [2.05, 4.69) is 32.3 Å². The summed E-state index contributed by atoms with van der Waals surface area (Å²) in [6, 6.07) is 1.57. The van der Waals surface area contributed by atoms with Gasteiger partial charge in [0.25, 0.3) is 5.91 Å². The molecule has 0 bridgehead atoms. The molecule has 2 aromatic rings. The summed E-state index contributed by atoms with van der Waals surface area (Å²) >= 11 is 0. The van der Waals surface area contributed by atoms with Crippen LogP contribution in [0.3, 0.4) is 0 Å². The van der Waals surface area contributed by atoms with Gasteiger partial charge in [0.15, 0.2) is 0 Å². The lowest BCUT2D eigenvalue weighted by Crippen LogP contribution is -2.13. The maximum atomic E-state index is 12.0. The Labute approximate surface area is 103 Å². The smallest absolute Gasteiger partial charge is 0.257 e. The summed E-state index contributed by atoms with van der Waals surface area (Å²) in [7, 11) is 0. The number of hydrogen-bond acceptors (Lipinski definition) is 4. The highest BCUT2D eigenvalue weighted by molar-refractivity contribution is 6.05. The maximum absolute atomic E-state index is 12.0. The minimum Gasteiger partial charge on any atom is -0.384 e. The number of carbonyl (C=O) groups excluding carboxylic acids is 1. The molecule has 90 valence electrons. The number of carbonyl (C=O) groups is 1. The van der Waals surface area contributed by atoms with Crippen LogP contribution >= 0.6 is 0 Å². The average molecular weight is 242 g/mol. The molecule has 0 saturated heterocycles. The first-order chi connectivity index (χ1) is 8.81. The van der Waals surface area contributed by atoms with Crippen LogP contribution in [0.25, 0.3) is 0 Å². The summed E-state index contributed by atoms with van der Waals surface area (Å²) in [5.74, 6) is 4.86. The van der Waals surface area contributed by atoms with Crippen LogP contribution in [0.4, 0.5) is 5.69 Å². The predicted octanol–water partition coefficient (Wildman–Crippen LogP) is 0.401. The standard InChI is InChI=1S/C12H10N4O2/c17-5-1-2-9-6-13-4-3-11(9)12(18)16-10-7-14-15-8-10/h3-4,6-8,17H,5H2,(H,14,15)(H,16,18). The van der Waals surface area contributed by atoms with Crippen molar-refractivity contribution in [2.75, 3.05) is 11.9 Å². The molecular formula is C12H10N4O2. The number of aliphatic hydroxyl groups is 1. The van der Waals surface area contributed by atoms with Gasteiger partial charge in [0.1, 0.15) is 6.61 Å². The Hall–Kier alpha value is -2.65. The van der Waals surface area contributed by atoms with Crippen LogP contribution in [-0.4, -0.2) is 32.8 Å². The first-order valence-electron chi connectivity index (χ1n) is 5.15. The molecule has 1 amide bonds. The lowest BCUT2D eigenvalue weighted by Gasteiger charge is -2.03. The number of aliphatic hydroxyl groups excluding tert-OH is 1. The molecule has 0 aliphatic heterocycles. The van der Waals surface area contributed by atoms with Gasteiger partial charge in [-0.05, 0) is 6.07 Å². The fraction of sp³-hybridized carbons (Fsp3) is 0.0833. The second kappa shape index (κ2) is 5.61. The fourth-order valence-electron chi connectivity index (χ4n) is 1.34. The van der Waals surface area contributed by atoms with Gasteiger partial charge in [0.05, 0.1) is 23.0 Å². The quantitative estimate of drug-likeness (QED) is 0.665. The first kappa shape index (κ1) is 11.8. The lowest BCUT2D eigenvalue weighted by atomic mass is 10.1. The van der Waals surface area contributed by atoms with Gasteiger partial charge in [-0.15, -0.1) is 0 Å². The van der Waals surface area contributed by atoms with Crippen LogP contribution < -0.4 is 5.32 Å². The fourth-order valence-corrected chi connectivity index (χ4v) is 1.34. The molecule has 2 rings (SSSR count). The van der Waals surface area contributed by atoms with Crippen LogP contribution in [0.15, 0.2) is 30.9 Å². The van der Waals surface area contributed by atoms with Crippen molar-refractivity contribution in [3.8, 4) is 11.8 Å². The number of aromatic nitrogens is 3. The van der Waals surface area contributed by atoms with E-state index < -0.39 is 0 Å². The van der Waals surface area contributed by atoms with Gasteiger partial charge in [-0.2, -0.15) is 5.10 Å². The van der Waals surface area contributed by atoms with Crippen molar-refractivity contribution < 1.29 is 9.90 Å².